The van der Waals surface area contributed by atoms with Gasteiger partial charge in [0.05, 0.1) is 7.11 Å². The van der Waals surface area contributed by atoms with Gasteiger partial charge in [0.1, 0.15) is 16.5 Å². The Balaban J connectivity index is 2.22. The van der Waals surface area contributed by atoms with Crippen LogP contribution in [-0.2, 0) is 4.79 Å². The molecule has 2 N–H and O–H groups in total. The largest absolute Gasteiger partial charge is 0.497 e. The number of nitrogens with zero attached hydrogens (tertiary/aromatic N) is 2. The van der Waals surface area contributed by atoms with Crippen molar-refractivity contribution in [3.63, 3.8) is 0 Å². The number of carboxylic acids is 1. The maximum absolute atomic E-state index is 11.3. The van der Waals surface area contributed by atoms with E-state index in [0.29, 0.717) is 11.0 Å². The second-order valence-electron chi connectivity index (χ2n) is 3.89. The SMILES string of the molecule is COc1ccc(/C=C(/Sc2n[nH]c(C)n2)C(=O)O)cc1. The molecule has 7 heteroatoms. The molecule has 0 aliphatic carbocycles. The molecule has 20 heavy (non-hydrogen) atoms. The first-order chi connectivity index (χ1) is 9.58. The van der Waals surface area contributed by atoms with Crippen LogP contribution in [0.1, 0.15) is 11.4 Å². The van der Waals surface area contributed by atoms with E-state index in [1.165, 1.54) is 0 Å². The Labute approximate surface area is 119 Å². The molecule has 0 spiro atoms. The molecule has 104 valence electrons. The summed E-state index contributed by atoms with van der Waals surface area (Å²) in [4.78, 5) is 15.5. The van der Waals surface area contributed by atoms with Crippen LogP contribution < -0.4 is 4.74 Å². The lowest BCUT2D eigenvalue weighted by molar-refractivity contribution is -0.131. The van der Waals surface area contributed by atoms with E-state index >= 15 is 0 Å². The average molecular weight is 291 g/mol. The Kier molecular flexibility index (Phi) is 4.41. The molecule has 0 fully saturated rings. The minimum atomic E-state index is -1.02. The van der Waals surface area contributed by atoms with Gasteiger partial charge in [0, 0.05) is 0 Å². The minimum absolute atomic E-state index is 0.147. The third kappa shape index (κ3) is 3.61. The minimum Gasteiger partial charge on any atom is -0.497 e. The highest BCUT2D eigenvalue weighted by molar-refractivity contribution is 8.04. The van der Waals surface area contributed by atoms with Crippen LogP contribution in [0.3, 0.4) is 0 Å². The number of hydrogen-bond acceptors (Lipinski definition) is 5. The topological polar surface area (TPSA) is 88.1 Å². The quantitative estimate of drug-likeness (QED) is 0.649. The van der Waals surface area contributed by atoms with E-state index in [4.69, 9.17) is 4.74 Å². The summed E-state index contributed by atoms with van der Waals surface area (Å²) in [6.07, 6.45) is 1.57. The predicted octanol–water partition coefficient (Wildman–Crippen LogP) is 2.34. The van der Waals surface area contributed by atoms with Crippen molar-refractivity contribution < 1.29 is 14.6 Å². The highest BCUT2D eigenvalue weighted by Crippen LogP contribution is 2.26. The van der Waals surface area contributed by atoms with E-state index in [-0.39, 0.29) is 4.91 Å². The summed E-state index contributed by atoms with van der Waals surface area (Å²) in [5.41, 5.74) is 0.767. The fourth-order valence-electron chi connectivity index (χ4n) is 1.45. The molecule has 0 aliphatic rings. The van der Waals surface area contributed by atoms with Crippen LogP contribution in [0.25, 0.3) is 6.08 Å². The summed E-state index contributed by atoms with van der Waals surface area (Å²) in [5.74, 6) is 0.339. The van der Waals surface area contributed by atoms with Gasteiger partial charge >= 0.3 is 5.97 Å². The zero-order valence-electron chi connectivity index (χ0n) is 11.0. The molecular formula is C13H13N3O3S. The Morgan fingerprint density at radius 2 is 2.10 bits per heavy atom. The monoisotopic (exact) mass is 291 g/mol. The number of methoxy groups -OCH3 is 1. The molecule has 6 nitrogen and oxygen atoms in total. The molecule has 0 radical (unpaired) electrons. The number of aliphatic carboxylic acids is 1. The lowest BCUT2D eigenvalue weighted by atomic mass is 10.2. The molecule has 2 aromatic rings. The number of rotatable bonds is 5. The van der Waals surface area contributed by atoms with E-state index in [1.54, 1.807) is 44.4 Å². The predicted molar refractivity (Wildman–Crippen MR) is 75.6 cm³/mol. The number of carbonyl (C=O) groups is 1. The van der Waals surface area contributed by atoms with Crippen LogP contribution in [0.5, 0.6) is 5.75 Å². The normalized spacial score (nSPS) is 11.4. The molecule has 1 aromatic heterocycles. The number of aryl methyl sites for hydroxylation is 1. The van der Waals surface area contributed by atoms with Crippen molar-refractivity contribution in [2.75, 3.05) is 7.11 Å². The van der Waals surface area contributed by atoms with E-state index in [0.717, 1.165) is 23.1 Å². The van der Waals surface area contributed by atoms with Crippen LogP contribution in [0.4, 0.5) is 0 Å². The van der Waals surface area contributed by atoms with Gasteiger partial charge in [-0.05, 0) is 42.5 Å². The number of nitrogens with one attached hydrogen (secondary N) is 1. The first kappa shape index (κ1) is 14.1. The van der Waals surface area contributed by atoms with Gasteiger partial charge in [-0.1, -0.05) is 12.1 Å². The van der Waals surface area contributed by atoms with Crippen LogP contribution in [0, 0.1) is 6.92 Å². The Morgan fingerprint density at radius 1 is 1.40 bits per heavy atom. The van der Waals surface area contributed by atoms with Crippen LogP contribution in [0.2, 0.25) is 0 Å². The summed E-state index contributed by atoms with van der Waals surface area (Å²) < 4.78 is 5.05. The maximum Gasteiger partial charge on any atom is 0.342 e. The Hall–Kier alpha value is -2.28. The second kappa shape index (κ2) is 6.25. The molecule has 2 rings (SSSR count). The van der Waals surface area contributed by atoms with Gasteiger partial charge < -0.3 is 9.84 Å². The number of H-pyrrole nitrogens is 1. The average Bonchev–Trinajstić information content (AvgIpc) is 2.84. The van der Waals surface area contributed by atoms with Gasteiger partial charge in [0.2, 0.25) is 5.16 Å². The van der Waals surface area contributed by atoms with Gasteiger partial charge in [-0.15, -0.1) is 5.10 Å². The smallest absolute Gasteiger partial charge is 0.342 e. The number of thioether (sulfide) groups is 1. The van der Waals surface area contributed by atoms with E-state index in [1.807, 2.05) is 0 Å². The zero-order valence-corrected chi connectivity index (χ0v) is 11.8. The molecule has 0 saturated heterocycles. The highest BCUT2D eigenvalue weighted by atomic mass is 32.2. The van der Waals surface area contributed by atoms with Crippen molar-refractivity contribution in [3.8, 4) is 5.75 Å². The number of aromatic nitrogens is 3. The fourth-order valence-corrected chi connectivity index (χ4v) is 2.21. The molecule has 1 heterocycles. The van der Waals surface area contributed by atoms with Gasteiger partial charge in [0.25, 0.3) is 0 Å². The van der Waals surface area contributed by atoms with Crippen molar-refractivity contribution in [3.05, 3.63) is 40.6 Å². The highest BCUT2D eigenvalue weighted by Gasteiger charge is 2.12. The van der Waals surface area contributed by atoms with Crippen molar-refractivity contribution in [1.29, 1.82) is 0 Å². The maximum atomic E-state index is 11.3. The third-order valence-electron chi connectivity index (χ3n) is 2.40. The van der Waals surface area contributed by atoms with Crippen LogP contribution in [-0.4, -0.2) is 33.4 Å². The summed E-state index contributed by atoms with van der Waals surface area (Å²) >= 11 is 0.999. The molecule has 0 atom stereocenters. The number of aromatic amines is 1. The number of hydrogen-bond donors (Lipinski definition) is 2. The van der Waals surface area contributed by atoms with Crippen molar-refractivity contribution >= 4 is 23.8 Å². The molecule has 0 unspecified atom stereocenters. The lowest BCUT2D eigenvalue weighted by Gasteiger charge is -2.01. The summed E-state index contributed by atoms with van der Waals surface area (Å²) in [7, 11) is 1.58. The Morgan fingerprint density at radius 3 is 2.60 bits per heavy atom. The molecular weight excluding hydrogens is 278 g/mol. The molecule has 1 aromatic carbocycles. The fraction of sp³-hybridized carbons (Fsp3) is 0.154. The molecule has 0 saturated carbocycles. The van der Waals surface area contributed by atoms with E-state index in [9.17, 15) is 9.90 Å². The zero-order chi connectivity index (χ0) is 14.5. The standard InChI is InChI=1S/C13H13N3O3S/c1-8-14-13(16-15-8)20-11(12(17)18)7-9-3-5-10(19-2)6-4-9/h3-7H,1-2H3,(H,17,18)(H,14,15,16)/b11-7+. The van der Waals surface area contributed by atoms with E-state index in [2.05, 4.69) is 15.2 Å². The number of benzene rings is 1. The number of carboxylic acid groups (broad SMARTS) is 1. The molecule has 0 amide bonds. The second-order valence-corrected chi connectivity index (χ2v) is 4.90. The third-order valence-corrected chi connectivity index (χ3v) is 3.28. The molecule has 0 bridgehead atoms. The van der Waals surface area contributed by atoms with E-state index < -0.39 is 5.97 Å². The Bertz CT molecular complexity index is 635. The summed E-state index contributed by atoms with van der Waals surface area (Å²) in [5, 5.41) is 16.2. The first-order valence-electron chi connectivity index (χ1n) is 5.74. The molecule has 0 aliphatic heterocycles. The lowest BCUT2D eigenvalue weighted by Crippen LogP contribution is -1.97. The first-order valence-corrected chi connectivity index (χ1v) is 6.56. The van der Waals surface area contributed by atoms with Crippen molar-refractivity contribution in [2.45, 2.75) is 12.1 Å². The van der Waals surface area contributed by atoms with Gasteiger partial charge in [-0.2, -0.15) is 0 Å². The van der Waals surface area contributed by atoms with Crippen molar-refractivity contribution in [1.82, 2.24) is 15.2 Å². The van der Waals surface area contributed by atoms with Gasteiger partial charge in [0.15, 0.2) is 0 Å². The van der Waals surface area contributed by atoms with Gasteiger partial charge in [-0.25, -0.2) is 9.78 Å². The summed E-state index contributed by atoms with van der Waals surface area (Å²) in [6, 6.07) is 7.11. The summed E-state index contributed by atoms with van der Waals surface area (Å²) in [6.45, 7) is 1.75. The number of ether oxygens (including phenoxy) is 1. The van der Waals surface area contributed by atoms with Crippen LogP contribution in [0.15, 0.2) is 34.3 Å². The van der Waals surface area contributed by atoms with Crippen LogP contribution >= 0.6 is 11.8 Å². The van der Waals surface area contributed by atoms with Crippen molar-refractivity contribution in [2.24, 2.45) is 0 Å². The van der Waals surface area contributed by atoms with Gasteiger partial charge in [-0.3, -0.25) is 5.10 Å².